The summed E-state index contributed by atoms with van der Waals surface area (Å²) >= 11 is 0. The second-order valence-electron chi connectivity index (χ2n) is 6.52. The molecule has 0 amide bonds. The Balaban J connectivity index is 1.75. The molecule has 6 heteroatoms. The summed E-state index contributed by atoms with van der Waals surface area (Å²) in [7, 11) is 1.36. The number of hydrogen-bond acceptors (Lipinski definition) is 6. The number of nitrogens with zero attached hydrogens (tertiary/aromatic N) is 2. The average molecular weight is 365 g/mol. The van der Waals surface area contributed by atoms with Gasteiger partial charge < -0.3 is 9.47 Å². The number of aryl methyl sites for hydroxylation is 1. The lowest BCUT2D eigenvalue weighted by Crippen LogP contribution is -2.54. The van der Waals surface area contributed by atoms with E-state index in [4.69, 9.17) is 9.47 Å². The molecule has 0 fully saturated rings. The van der Waals surface area contributed by atoms with Gasteiger partial charge in [0, 0.05) is 11.1 Å². The second kappa shape index (κ2) is 8.14. The normalized spacial score (nSPS) is 13.1. The first-order valence-corrected chi connectivity index (χ1v) is 8.75. The maximum absolute atomic E-state index is 12.4. The van der Waals surface area contributed by atoms with Crippen LogP contribution in [-0.2, 0) is 16.1 Å². The molecule has 0 saturated carbocycles. The molecule has 1 N–H and O–H groups in total. The predicted octanol–water partition coefficient (Wildman–Crippen LogP) is 3.04. The van der Waals surface area contributed by atoms with Gasteiger partial charge in [-0.2, -0.15) is 0 Å². The van der Waals surface area contributed by atoms with Crippen molar-refractivity contribution in [1.29, 1.82) is 0 Å². The van der Waals surface area contributed by atoms with Crippen molar-refractivity contribution in [3.63, 3.8) is 0 Å². The minimum absolute atomic E-state index is 0.121. The summed E-state index contributed by atoms with van der Waals surface area (Å²) in [4.78, 5) is 21.5. The van der Waals surface area contributed by atoms with Gasteiger partial charge in [0.05, 0.1) is 19.2 Å². The van der Waals surface area contributed by atoms with Gasteiger partial charge in [-0.15, -0.1) is 0 Å². The Morgan fingerprint density at radius 1 is 1.07 bits per heavy atom. The Bertz CT molecular complexity index is 930. The molecule has 0 bridgehead atoms. The SMILES string of the molecule is COC(=O)C(C)(COc1ccccc1)NCc1nc(C)c2ccccc2n1. The number of aromatic nitrogens is 2. The van der Waals surface area contributed by atoms with E-state index in [1.807, 2.05) is 61.5 Å². The molecule has 1 atom stereocenters. The van der Waals surface area contributed by atoms with E-state index >= 15 is 0 Å². The van der Waals surface area contributed by atoms with Crippen LogP contribution in [0.2, 0.25) is 0 Å². The third-order valence-electron chi connectivity index (χ3n) is 4.38. The van der Waals surface area contributed by atoms with Crippen molar-refractivity contribution in [3.8, 4) is 5.75 Å². The van der Waals surface area contributed by atoms with Gasteiger partial charge in [0.25, 0.3) is 0 Å². The molecule has 0 aliphatic heterocycles. The first-order valence-electron chi connectivity index (χ1n) is 8.75. The monoisotopic (exact) mass is 365 g/mol. The maximum atomic E-state index is 12.4. The summed E-state index contributed by atoms with van der Waals surface area (Å²) in [5.41, 5.74) is 0.743. The summed E-state index contributed by atoms with van der Waals surface area (Å²) in [6, 6.07) is 17.2. The van der Waals surface area contributed by atoms with Crippen LogP contribution in [0, 0.1) is 6.92 Å². The molecule has 0 spiro atoms. The lowest BCUT2D eigenvalue weighted by atomic mass is 10.0. The van der Waals surface area contributed by atoms with Crippen LogP contribution in [0.15, 0.2) is 54.6 Å². The molecule has 27 heavy (non-hydrogen) atoms. The van der Waals surface area contributed by atoms with Crippen molar-refractivity contribution in [2.24, 2.45) is 0 Å². The number of ether oxygens (including phenoxy) is 2. The number of methoxy groups -OCH3 is 1. The fourth-order valence-electron chi connectivity index (χ4n) is 2.80. The molecule has 1 heterocycles. The zero-order valence-electron chi connectivity index (χ0n) is 15.7. The number of nitrogens with one attached hydrogen (secondary N) is 1. The number of para-hydroxylation sites is 2. The molecule has 3 rings (SSSR count). The lowest BCUT2D eigenvalue weighted by molar-refractivity contribution is -0.149. The first kappa shape index (κ1) is 18.8. The smallest absolute Gasteiger partial charge is 0.329 e. The molecular weight excluding hydrogens is 342 g/mol. The summed E-state index contributed by atoms with van der Waals surface area (Å²) in [6.45, 7) is 4.13. The van der Waals surface area contributed by atoms with Gasteiger partial charge in [-0.25, -0.2) is 14.8 Å². The number of fused-ring (bicyclic) bond motifs is 1. The molecule has 2 aromatic carbocycles. The van der Waals surface area contributed by atoms with Crippen LogP contribution < -0.4 is 10.1 Å². The largest absolute Gasteiger partial charge is 0.491 e. The number of esters is 1. The highest BCUT2D eigenvalue weighted by molar-refractivity contribution is 5.81. The quantitative estimate of drug-likeness (QED) is 0.649. The van der Waals surface area contributed by atoms with E-state index in [-0.39, 0.29) is 6.61 Å². The summed E-state index contributed by atoms with van der Waals surface area (Å²) in [5, 5.41) is 4.22. The molecule has 0 radical (unpaired) electrons. The Morgan fingerprint density at radius 3 is 2.52 bits per heavy atom. The number of carbonyl (C=O) groups excluding carboxylic acids is 1. The van der Waals surface area contributed by atoms with E-state index in [2.05, 4.69) is 15.3 Å². The van der Waals surface area contributed by atoms with Crippen LogP contribution in [0.1, 0.15) is 18.4 Å². The Kier molecular flexibility index (Phi) is 5.66. The molecule has 1 unspecified atom stereocenters. The van der Waals surface area contributed by atoms with Crippen LogP contribution in [0.3, 0.4) is 0 Å². The highest BCUT2D eigenvalue weighted by Crippen LogP contribution is 2.17. The maximum Gasteiger partial charge on any atom is 0.329 e. The summed E-state index contributed by atoms with van der Waals surface area (Å²) < 4.78 is 10.7. The Morgan fingerprint density at radius 2 is 1.78 bits per heavy atom. The summed E-state index contributed by atoms with van der Waals surface area (Å²) in [5.74, 6) is 0.893. The number of benzene rings is 2. The Labute approximate surface area is 158 Å². The minimum Gasteiger partial charge on any atom is -0.491 e. The van der Waals surface area contributed by atoms with E-state index < -0.39 is 11.5 Å². The van der Waals surface area contributed by atoms with Crippen LogP contribution in [-0.4, -0.2) is 35.2 Å². The van der Waals surface area contributed by atoms with Crippen LogP contribution >= 0.6 is 0 Å². The molecular formula is C21H23N3O3. The van der Waals surface area contributed by atoms with E-state index in [1.165, 1.54) is 7.11 Å². The van der Waals surface area contributed by atoms with Crippen LogP contribution in [0.5, 0.6) is 5.75 Å². The molecule has 0 saturated heterocycles. The molecule has 6 nitrogen and oxygen atoms in total. The summed E-state index contributed by atoms with van der Waals surface area (Å²) in [6.07, 6.45) is 0. The van der Waals surface area contributed by atoms with Gasteiger partial charge in [-0.05, 0) is 32.0 Å². The van der Waals surface area contributed by atoms with Gasteiger partial charge in [-0.3, -0.25) is 5.32 Å². The first-order chi connectivity index (χ1) is 13.0. The van der Waals surface area contributed by atoms with E-state index in [0.29, 0.717) is 18.1 Å². The predicted molar refractivity (Wildman–Crippen MR) is 103 cm³/mol. The highest BCUT2D eigenvalue weighted by atomic mass is 16.5. The average Bonchev–Trinajstić information content (AvgIpc) is 2.71. The zero-order valence-corrected chi connectivity index (χ0v) is 15.7. The van der Waals surface area contributed by atoms with Crippen LogP contribution in [0.25, 0.3) is 10.9 Å². The van der Waals surface area contributed by atoms with Crippen molar-refractivity contribution in [2.45, 2.75) is 25.9 Å². The van der Waals surface area contributed by atoms with E-state index in [0.717, 1.165) is 16.6 Å². The second-order valence-corrected chi connectivity index (χ2v) is 6.52. The molecule has 0 aliphatic carbocycles. The molecule has 1 aromatic heterocycles. The zero-order chi connectivity index (χ0) is 19.3. The number of rotatable bonds is 7. The molecule has 0 aliphatic rings. The van der Waals surface area contributed by atoms with Crippen molar-refractivity contribution < 1.29 is 14.3 Å². The minimum atomic E-state index is -1.03. The molecule has 140 valence electrons. The van der Waals surface area contributed by atoms with E-state index in [9.17, 15) is 4.79 Å². The van der Waals surface area contributed by atoms with Crippen molar-refractivity contribution in [1.82, 2.24) is 15.3 Å². The third-order valence-corrected chi connectivity index (χ3v) is 4.38. The fraction of sp³-hybridized carbons (Fsp3) is 0.286. The number of carbonyl (C=O) groups is 1. The third kappa shape index (κ3) is 4.41. The van der Waals surface area contributed by atoms with E-state index in [1.54, 1.807) is 6.92 Å². The van der Waals surface area contributed by atoms with Crippen molar-refractivity contribution in [3.05, 3.63) is 66.1 Å². The van der Waals surface area contributed by atoms with Crippen molar-refractivity contribution >= 4 is 16.9 Å². The lowest BCUT2D eigenvalue weighted by Gasteiger charge is -2.27. The van der Waals surface area contributed by atoms with Gasteiger partial charge in [0.1, 0.15) is 23.7 Å². The standard InChI is InChI=1S/C21H23N3O3/c1-15-17-11-7-8-12-18(17)24-19(23-15)13-22-21(2,20(25)26-3)14-27-16-9-5-4-6-10-16/h4-12,22H,13-14H2,1-3H3. The number of hydrogen-bond donors (Lipinski definition) is 1. The van der Waals surface area contributed by atoms with Gasteiger partial charge >= 0.3 is 5.97 Å². The highest BCUT2D eigenvalue weighted by Gasteiger charge is 2.35. The van der Waals surface area contributed by atoms with Crippen LogP contribution in [0.4, 0.5) is 0 Å². The van der Waals surface area contributed by atoms with Gasteiger partial charge in [0.15, 0.2) is 0 Å². The molecule has 3 aromatic rings. The fourth-order valence-corrected chi connectivity index (χ4v) is 2.80. The van der Waals surface area contributed by atoms with Gasteiger partial charge in [-0.1, -0.05) is 36.4 Å². The Hall–Kier alpha value is -2.99. The topological polar surface area (TPSA) is 73.3 Å². The van der Waals surface area contributed by atoms with Crippen molar-refractivity contribution in [2.75, 3.05) is 13.7 Å². The van der Waals surface area contributed by atoms with Gasteiger partial charge in [0.2, 0.25) is 0 Å².